The van der Waals surface area contributed by atoms with Gasteiger partial charge in [-0.15, -0.1) is 0 Å². The van der Waals surface area contributed by atoms with E-state index in [2.05, 4.69) is 5.10 Å². The molecule has 0 N–H and O–H groups in total. The summed E-state index contributed by atoms with van der Waals surface area (Å²) in [6, 6.07) is 14.2. The Labute approximate surface area is 205 Å². The quantitative estimate of drug-likeness (QED) is 0.480. The van der Waals surface area contributed by atoms with Crippen LogP contribution in [-0.4, -0.2) is 51.0 Å². The van der Waals surface area contributed by atoms with Gasteiger partial charge in [-0.1, -0.05) is 41.9 Å². The zero-order valence-electron chi connectivity index (χ0n) is 19.0. The lowest BCUT2D eigenvalue weighted by atomic mass is 9.99. The van der Waals surface area contributed by atoms with Crippen molar-refractivity contribution in [1.29, 1.82) is 0 Å². The van der Waals surface area contributed by atoms with E-state index in [4.69, 9.17) is 11.6 Å². The van der Waals surface area contributed by atoms with Crippen molar-refractivity contribution in [2.24, 2.45) is 0 Å². The van der Waals surface area contributed by atoms with Crippen LogP contribution in [0.5, 0.6) is 0 Å². The number of benzene rings is 2. The van der Waals surface area contributed by atoms with Gasteiger partial charge >= 0.3 is 6.18 Å². The fourth-order valence-electron chi connectivity index (χ4n) is 4.33. The molecule has 0 radical (unpaired) electrons. The van der Waals surface area contributed by atoms with Gasteiger partial charge in [-0.05, 0) is 49.1 Å². The second-order valence-electron chi connectivity index (χ2n) is 8.48. The van der Waals surface area contributed by atoms with Gasteiger partial charge in [0, 0.05) is 25.2 Å². The highest BCUT2D eigenvalue weighted by atomic mass is 35.5. The summed E-state index contributed by atoms with van der Waals surface area (Å²) in [5, 5.41) is 4.23. The van der Waals surface area contributed by atoms with Gasteiger partial charge in [0.25, 0.3) is 5.91 Å². The first-order valence-corrected chi connectivity index (χ1v) is 11.6. The van der Waals surface area contributed by atoms with E-state index in [1.165, 1.54) is 34.1 Å². The van der Waals surface area contributed by atoms with E-state index in [0.717, 1.165) is 11.8 Å². The zero-order valence-corrected chi connectivity index (χ0v) is 19.8. The van der Waals surface area contributed by atoms with E-state index in [0.29, 0.717) is 35.5 Å². The van der Waals surface area contributed by atoms with Crippen LogP contribution < -0.4 is 0 Å². The van der Waals surface area contributed by atoms with Gasteiger partial charge in [0.2, 0.25) is 5.91 Å². The summed E-state index contributed by atoms with van der Waals surface area (Å²) in [5.41, 5.74) is -0.729. The van der Waals surface area contributed by atoms with Gasteiger partial charge < -0.3 is 9.80 Å². The first kappa shape index (κ1) is 24.8. The van der Waals surface area contributed by atoms with E-state index in [1.807, 2.05) is 30.3 Å². The minimum absolute atomic E-state index is 0.120. The third-order valence-electron chi connectivity index (χ3n) is 6.03. The Morgan fingerprint density at radius 2 is 1.77 bits per heavy atom. The molecule has 1 aromatic heterocycles. The van der Waals surface area contributed by atoms with Gasteiger partial charge in [-0.2, -0.15) is 18.3 Å². The predicted octanol–water partition coefficient (Wildman–Crippen LogP) is 5.20. The molecule has 2 amide bonds. The molecule has 0 saturated carbocycles. The van der Waals surface area contributed by atoms with Gasteiger partial charge in [-0.25, -0.2) is 4.68 Å². The molecule has 1 fully saturated rings. The van der Waals surface area contributed by atoms with E-state index >= 15 is 0 Å². The number of likely N-dealkylation sites (N-methyl/N-ethyl adjacent to an activating group) is 1. The zero-order chi connectivity index (χ0) is 25.2. The number of amides is 2. The topological polar surface area (TPSA) is 58.4 Å². The Hall–Kier alpha value is -3.33. The minimum Gasteiger partial charge on any atom is -0.340 e. The Kier molecular flexibility index (Phi) is 7.16. The van der Waals surface area contributed by atoms with Crippen LogP contribution in [0.3, 0.4) is 0 Å². The van der Waals surface area contributed by atoms with E-state index < -0.39 is 29.4 Å². The third-order valence-corrected chi connectivity index (χ3v) is 6.28. The molecule has 35 heavy (non-hydrogen) atoms. The Bertz CT molecular complexity index is 1200. The van der Waals surface area contributed by atoms with Crippen molar-refractivity contribution in [3.63, 3.8) is 0 Å². The molecule has 10 heteroatoms. The molecule has 1 atom stereocenters. The number of hydrogen-bond acceptors (Lipinski definition) is 3. The van der Waals surface area contributed by atoms with Crippen LogP contribution in [0.1, 0.15) is 40.9 Å². The first-order valence-electron chi connectivity index (χ1n) is 11.2. The smallest absolute Gasteiger partial charge is 0.340 e. The van der Waals surface area contributed by atoms with E-state index in [-0.39, 0.29) is 18.1 Å². The van der Waals surface area contributed by atoms with E-state index in [9.17, 15) is 22.8 Å². The second kappa shape index (κ2) is 10.1. The molecule has 3 aromatic rings. The summed E-state index contributed by atoms with van der Waals surface area (Å²) in [4.78, 5) is 29.5. The van der Waals surface area contributed by atoms with Gasteiger partial charge in [0.1, 0.15) is 6.04 Å². The van der Waals surface area contributed by atoms with Gasteiger partial charge in [0.15, 0.2) is 5.69 Å². The van der Waals surface area contributed by atoms with Crippen LogP contribution in [0.2, 0.25) is 5.02 Å². The highest BCUT2D eigenvalue weighted by Crippen LogP contribution is 2.35. The van der Waals surface area contributed by atoms with Crippen LogP contribution >= 0.6 is 11.6 Å². The van der Waals surface area contributed by atoms with Crippen LogP contribution in [0.4, 0.5) is 13.2 Å². The van der Waals surface area contributed by atoms with Crippen molar-refractivity contribution >= 4 is 23.4 Å². The molecule has 0 bridgehead atoms. The van der Waals surface area contributed by atoms with Crippen molar-refractivity contribution in [2.75, 3.05) is 13.6 Å². The highest BCUT2D eigenvalue weighted by Gasteiger charge is 2.43. The van der Waals surface area contributed by atoms with Crippen molar-refractivity contribution in [1.82, 2.24) is 19.6 Å². The maximum Gasteiger partial charge on any atom is 0.434 e. The van der Waals surface area contributed by atoms with Gasteiger partial charge in [0.05, 0.1) is 17.4 Å². The van der Waals surface area contributed by atoms with Crippen molar-refractivity contribution in [2.45, 2.75) is 38.0 Å². The number of aromatic nitrogens is 2. The number of nitrogens with zero attached hydrogens (tertiary/aromatic N) is 4. The Balaban J connectivity index is 1.64. The van der Waals surface area contributed by atoms with Crippen molar-refractivity contribution in [3.05, 3.63) is 82.6 Å². The fourth-order valence-corrected chi connectivity index (χ4v) is 4.46. The van der Waals surface area contributed by atoms with Crippen LogP contribution in [0, 0.1) is 0 Å². The predicted molar refractivity (Wildman–Crippen MR) is 125 cm³/mol. The van der Waals surface area contributed by atoms with E-state index in [1.54, 1.807) is 7.05 Å². The summed E-state index contributed by atoms with van der Waals surface area (Å²) in [6.07, 6.45) is -2.24. The lowest BCUT2D eigenvalue weighted by molar-refractivity contribution is -0.143. The minimum atomic E-state index is -4.85. The number of alkyl halides is 3. The summed E-state index contributed by atoms with van der Waals surface area (Å²) < 4.78 is 43.1. The normalized spacial score (nSPS) is 16.3. The molecule has 1 aliphatic heterocycles. The summed E-state index contributed by atoms with van der Waals surface area (Å²) in [7, 11) is 1.63. The van der Waals surface area contributed by atoms with Crippen LogP contribution in [0.25, 0.3) is 5.69 Å². The Morgan fingerprint density at radius 3 is 2.43 bits per heavy atom. The summed E-state index contributed by atoms with van der Waals surface area (Å²) in [6.45, 7) is 0.526. The van der Waals surface area contributed by atoms with Crippen molar-refractivity contribution in [3.8, 4) is 5.69 Å². The van der Waals surface area contributed by atoms with Crippen LogP contribution in [-0.2, 0) is 17.5 Å². The molecule has 0 spiro atoms. The van der Waals surface area contributed by atoms with Gasteiger partial charge in [-0.3, -0.25) is 9.59 Å². The Morgan fingerprint density at radius 1 is 1.09 bits per heavy atom. The number of piperidine rings is 1. The maximum absolute atomic E-state index is 14.1. The number of halogens is 4. The largest absolute Gasteiger partial charge is 0.434 e. The number of carbonyl (C=O) groups is 2. The molecular weight excluding hydrogens is 481 g/mol. The second-order valence-corrected chi connectivity index (χ2v) is 8.92. The molecule has 2 aromatic carbocycles. The molecular formula is C25H24ClF3N4O2. The van der Waals surface area contributed by atoms with Crippen molar-refractivity contribution < 1.29 is 22.8 Å². The average Bonchev–Trinajstić information content (AvgIpc) is 3.30. The molecule has 0 aliphatic carbocycles. The summed E-state index contributed by atoms with van der Waals surface area (Å²) >= 11 is 5.86. The number of rotatable bonds is 5. The number of hydrogen-bond donors (Lipinski definition) is 0. The molecule has 184 valence electrons. The fraction of sp³-hybridized carbons (Fsp3) is 0.320. The lowest BCUT2D eigenvalue weighted by Gasteiger charge is -2.37. The average molecular weight is 505 g/mol. The molecule has 2 heterocycles. The lowest BCUT2D eigenvalue weighted by Crippen LogP contribution is -2.52. The highest BCUT2D eigenvalue weighted by molar-refractivity contribution is 6.30. The number of likely N-dealkylation sites (tertiary alicyclic amines) is 1. The summed E-state index contributed by atoms with van der Waals surface area (Å²) in [5.74, 6) is -1.16. The standard InChI is InChI=1S/C25H24ClF3N4O2/c1-31(16-17-7-3-2-4-8-17)24(35)21-9-5-6-14-32(21)23(34)20-15-30-33(22(20)25(27,28)29)19-12-10-18(26)11-13-19/h2-4,7-8,10-13,15,21H,5-6,9,14,16H2,1H3. The monoisotopic (exact) mass is 504 g/mol. The molecule has 1 aliphatic rings. The SMILES string of the molecule is CN(Cc1ccccc1)C(=O)C1CCCCN1C(=O)c1cnn(-c2ccc(Cl)cc2)c1C(F)(F)F. The van der Waals surface area contributed by atoms with Crippen LogP contribution in [0.15, 0.2) is 60.8 Å². The molecule has 1 saturated heterocycles. The maximum atomic E-state index is 14.1. The molecule has 6 nitrogen and oxygen atoms in total. The molecule has 1 unspecified atom stereocenters. The first-order chi connectivity index (χ1) is 16.7. The number of carbonyl (C=O) groups excluding carboxylic acids is 2. The molecule has 4 rings (SSSR count). The third kappa shape index (κ3) is 5.35.